The van der Waals surface area contributed by atoms with Crippen LogP contribution in [0.25, 0.3) is 0 Å². The zero-order chi connectivity index (χ0) is 6.62. The number of rotatable bonds is 3. The summed E-state index contributed by atoms with van der Waals surface area (Å²) >= 11 is 0. The van der Waals surface area contributed by atoms with Crippen LogP contribution < -0.4 is 5.73 Å². The average molecular weight is 117 g/mol. The second-order valence-corrected chi connectivity index (χ2v) is 2.53. The van der Waals surface area contributed by atoms with Crippen LogP contribution in [0.3, 0.4) is 0 Å². The van der Waals surface area contributed by atoms with Crippen molar-refractivity contribution >= 4 is 0 Å². The highest BCUT2D eigenvalue weighted by Gasteiger charge is 2.17. The summed E-state index contributed by atoms with van der Waals surface area (Å²) < 4.78 is 0. The van der Waals surface area contributed by atoms with Gasteiger partial charge in [0.15, 0.2) is 0 Å². The van der Waals surface area contributed by atoms with Crippen molar-refractivity contribution in [1.82, 2.24) is 0 Å². The lowest BCUT2D eigenvalue weighted by Crippen LogP contribution is -2.29. The summed E-state index contributed by atoms with van der Waals surface area (Å²) in [5.41, 5.74) is 5.33. The van der Waals surface area contributed by atoms with E-state index in [1.54, 1.807) is 0 Å². The lowest BCUT2D eigenvalue weighted by atomic mass is 9.89. The molecular weight excluding hydrogens is 102 g/mol. The number of aliphatic hydroxyl groups excluding tert-OH is 1. The number of nitrogens with two attached hydrogens (primary N) is 1. The minimum Gasteiger partial charge on any atom is -0.396 e. The van der Waals surface area contributed by atoms with Crippen LogP contribution in [0.1, 0.15) is 20.3 Å². The van der Waals surface area contributed by atoms with Gasteiger partial charge in [-0.1, -0.05) is 13.8 Å². The van der Waals surface area contributed by atoms with E-state index in [-0.39, 0.29) is 12.0 Å². The molecule has 0 aliphatic rings. The molecule has 0 amide bonds. The standard InChI is InChI=1S/C6H15NO/c1-3-6(2,4-7)5-8/h8H,3-5,7H2,1-2H3/t6-/m1/s1. The summed E-state index contributed by atoms with van der Waals surface area (Å²) in [7, 11) is 0. The maximum atomic E-state index is 8.71. The molecular formula is C6H15NO. The normalized spacial score (nSPS) is 18.0. The monoisotopic (exact) mass is 117 g/mol. The molecule has 0 spiro atoms. The van der Waals surface area contributed by atoms with Crippen LogP contribution >= 0.6 is 0 Å². The zero-order valence-corrected chi connectivity index (χ0v) is 5.65. The van der Waals surface area contributed by atoms with Crippen molar-refractivity contribution in [3.05, 3.63) is 0 Å². The van der Waals surface area contributed by atoms with Crippen molar-refractivity contribution in [2.45, 2.75) is 20.3 Å². The van der Waals surface area contributed by atoms with Gasteiger partial charge in [-0.25, -0.2) is 0 Å². The van der Waals surface area contributed by atoms with Gasteiger partial charge in [0.05, 0.1) is 0 Å². The number of hydrogen-bond acceptors (Lipinski definition) is 2. The molecule has 1 atom stereocenters. The van der Waals surface area contributed by atoms with E-state index in [0.717, 1.165) is 6.42 Å². The third-order valence-electron chi connectivity index (χ3n) is 1.73. The van der Waals surface area contributed by atoms with Gasteiger partial charge in [-0.2, -0.15) is 0 Å². The molecule has 0 rings (SSSR count). The Bertz CT molecular complexity index is 51.3. The number of hydrogen-bond donors (Lipinski definition) is 2. The highest BCUT2D eigenvalue weighted by molar-refractivity contribution is 4.71. The second-order valence-electron chi connectivity index (χ2n) is 2.53. The van der Waals surface area contributed by atoms with Gasteiger partial charge >= 0.3 is 0 Å². The third kappa shape index (κ3) is 1.80. The first-order valence-electron chi connectivity index (χ1n) is 2.99. The molecule has 0 unspecified atom stereocenters. The number of aliphatic hydroxyl groups is 1. The van der Waals surface area contributed by atoms with Crippen LogP contribution in [0.2, 0.25) is 0 Å². The summed E-state index contributed by atoms with van der Waals surface area (Å²) in [6.45, 7) is 4.77. The molecule has 0 heterocycles. The smallest absolute Gasteiger partial charge is 0.0496 e. The summed E-state index contributed by atoms with van der Waals surface area (Å²) in [4.78, 5) is 0. The fourth-order valence-electron chi connectivity index (χ4n) is 0.321. The molecule has 0 saturated carbocycles. The van der Waals surface area contributed by atoms with Crippen LogP contribution in [0.4, 0.5) is 0 Å². The van der Waals surface area contributed by atoms with Crippen LogP contribution in [0.5, 0.6) is 0 Å². The summed E-state index contributed by atoms with van der Waals surface area (Å²) in [5, 5.41) is 8.71. The molecule has 2 nitrogen and oxygen atoms in total. The van der Waals surface area contributed by atoms with Crippen molar-refractivity contribution in [2.24, 2.45) is 11.1 Å². The predicted octanol–water partition coefficient (Wildman–Crippen LogP) is 0.354. The van der Waals surface area contributed by atoms with Crippen LogP contribution in [-0.4, -0.2) is 18.3 Å². The molecule has 0 bridgehead atoms. The van der Waals surface area contributed by atoms with Gasteiger partial charge in [0, 0.05) is 12.0 Å². The largest absolute Gasteiger partial charge is 0.396 e. The van der Waals surface area contributed by atoms with E-state index in [0.29, 0.717) is 6.54 Å². The van der Waals surface area contributed by atoms with Gasteiger partial charge in [-0.3, -0.25) is 0 Å². The van der Waals surface area contributed by atoms with E-state index < -0.39 is 0 Å². The van der Waals surface area contributed by atoms with Crippen molar-refractivity contribution in [1.29, 1.82) is 0 Å². The van der Waals surface area contributed by atoms with E-state index in [1.165, 1.54) is 0 Å². The molecule has 3 N–H and O–H groups in total. The Morgan fingerprint density at radius 3 is 2.12 bits per heavy atom. The second kappa shape index (κ2) is 3.05. The molecule has 50 valence electrons. The highest BCUT2D eigenvalue weighted by Crippen LogP contribution is 2.16. The van der Waals surface area contributed by atoms with Crippen LogP contribution in [-0.2, 0) is 0 Å². The fourth-order valence-corrected chi connectivity index (χ4v) is 0.321. The molecule has 0 aliphatic heterocycles. The Morgan fingerprint density at radius 2 is 2.12 bits per heavy atom. The quantitative estimate of drug-likeness (QED) is 0.560. The van der Waals surface area contributed by atoms with Gasteiger partial charge in [0.25, 0.3) is 0 Å². The first-order valence-corrected chi connectivity index (χ1v) is 2.99. The Hall–Kier alpha value is -0.0800. The molecule has 0 radical (unpaired) electrons. The highest BCUT2D eigenvalue weighted by atomic mass is 16.3. The topological polar surface area (TPSA) is 46.2 Å². The van der Waals surface area contributed by atoms with Crippen molar-refractivity contribution in [3.63, 3.8) is 0 Å². The first kappa shape index (κ1) is 7.92. The predicted molar refractivity (Wildman–Crippen MR) is 34.5 cm³/mol. The lowest BCUT2D eigenvalue weighted by Gasteiger charge is -2.22. The van der Waals surface area contributed by atoms with E-state index in [9.17, 15) is 0 Å². The van der Waals surface area contributed by atoms with Gasteiger partial charge < -0.3 is 10.8 Å². The molecule has 0 aromatic carbocycles. The van der Waals surface area contributed by atoms with Gasteiger partial charge in [0.2, 0.25) is 0 Å². The van der Waals surface area contributed by atoms with Crippen LogP contribution in [0.15, 0.2) is 0 Å². The average Bonchev–Trinajstić information content (AvgIpc) is 1.87. The Kier molecular flexibility index (Phi) is 3.02. The maximum absolute atomic E-state index is 8.71. The maximum Gasteiger partial charge on any atom is 0.0496 e. The zero-order valence-electron chi connectivity index (χ0n) is 5.65. The lowest BCUT2D eigenvalue weighted by molar-refractivity contribution is 0.145. The van der Waals surface area contributed by atoms with E-state index in [1.807, 2.05) is 13.8 Å². The molecule has 0 aliphatic carbocycles. The van der Waals surface area contributed by atoms with Gasteiger partial charge in [-0.15, -0.1) is 0 Å². The SMILES string of the molecule is CC[C@](C)(CN)CO. The molecule has 8 heavy (non-hydrogen) atoms. The molecule has 0 aromatic heterocycles. The summed E-state index contributed by atoms with van der Waals surface area (Å²) in [5.74, 6) is 0. The van der Waals surface area contributed by atoms with Crippen LogP contribution in [0, 0.1) is 5.41 Å². The summed E-state index contributed by atoms with van der Waals surface area (Å²) in [6, 6.07) is 0. The molecule has 0 aromatic rings. The molecule has 0 saturated heterocycles. The van der Waals surface area contributed by atoms with Gasteiger partial charge in [0.1, 0.15) is 0 Å². The Balaban J connectivity index is 3.58. The Morgan fingerprint density at radius 1 is 1.62 bits per heavy atom. The van der Waals surface area contributed by atoms with E-state index >= 15 is 0 Å². The van der Waals surface area contributed by atoms with Crippen molar-refractivity contribution < 1.29 is 5.11 Å². The third-order valence-corrected chi connectivity index (χ3v) is 1.73. The van der Waals surface area contributed by atoms with Crippen molar-refractivity contribution in [3.8, 4) is 0 Å². The minimum absolute atomic E-state index is 0.0417. The summed E-state index contributed by atoms with van der Waals surface area (Å²) in [6.07, 6.45) is 0.944. The van der Waals surface area contributed by atoms with Crippen molar-refractivity contribution in [2.75, 3.05) is 13.2 Å². The molecule has 0 fully saturated rings. The van der Waals surface area contributed by atoms with E-state index in [2.05, 4.69) is 0 Å². The first-order chi connectivity index (χ1) is 3.68. The Labute approximate surface area is 50.7 Å². The fraction of sp³-hybridized carbons (Fsp3) is 1.00. The minimum atomic E-state index is -0.0417. The molecule has 2 heteroatoms. The van der Waals surface area contributed by atoms with Gasteiger partial charge in [-0.05, 0) is 13.0 Å². The van der Waals surface area contributed by atoms with E-state index in [4.69, 9.17) is 10.8 Å².